The molecule has 1 aliphatic heterocycles. The topological polar surface area (TPSA) is 120 Å². The van der Waals surface area contributed by atoms with Crippen LogP contribution in [0.1, 0.15) is 70.3 Å². The highest BCUT2D eigenvalue weighted by Gasteiger charge is 2.36. The van der Waals surface area contributed by atoms with Crippen molar-refractivity contribution in [2.75, 3.05) is 18.1 Å². The molecule has 1 fully saturated rings. The number of sulfone groups is 1. The lowest BCUT2D eigenvalue weighted by atomic mass is 9.78. The van der Waals surface area contributed by atoms with Gasteiger partial charge in [-0.05, 0) is 64.2 Å². The summed E-state index contributed by atoms with van der Waals surface area (Å²) in [5.41, 5.74) is -1.33. The number of ketones is 1. The second kappa shape index (κ2) is 9.92. The Morgan fingerprint density at radius 2 is 1.89 bits per heavy atom. The number of hydrogen-bond donors (Lipinski definition) is 1. The van der Waals surface area contributed by atoms with Crippen molar-refractivity contribution < 1.29 is 27.4 Å². The number of carbonyl (C=O) groups excluding carboxylic acids is 1. The highest BCUT2D eigenvalue weighted by Crippen LogP contribution is 2.37. The van der Waals surface area contributed by atoms with Crippen LogP contribution in [0.3, 0.4) is 0 Å². The van der Waals surface area contributed by atoms with Crippen LogP contribution >= 0.6 is 0 Å². The standard InChI is InChI=1S/C27H34FN3O6S/c1-6-37-24-14-21(19(28)16-29-24)31-20-8-7-18(13-22(20)30(25(31)33)17(2)26(3,4)34)23(32)15-27(5)9-11-38(35,36)12-10-27/h7-8,13-14,16-17,34H,6,9-12,15H2,1-5H3/t17-/m1/s1. The molecule has 1 aromatic carbocycles. The van der Waals surface area contributed by atoms with Gasteiger partial charge in [0.1, 0.15) is 9.84 Å². The SMILES string of the molecule is CCOc1cc(-n2c(=O)n([C@H](C)C(C)(C)O)c3cc(C(=O)CC4(C)CCS(=O)(=O)CC4)ccc32)c(F)cn1. The van der Waals surface area contributed by atoms with Gasteiger partial charge in [-0.1, -0.05) is 6.92 Å². The lowest BCUT2D eigenvalue weighted by molar-refractivity contribution is 0.0307. The summed E-state index contributed by atoms with van der Waals surface area (Å²) in [6, 6.07) is 5.39. The smallest absolute Gasteiger partial charge is 0.334 e. The maximum Gasteiger partial charge on any atom is 0.334 e. The van der Waals surface area contributed by atoms with E-state index in [-0.39, 0.29) is 35.3 Å². The van der Waals surface area contributed by atoms with Gasteiger partial charge in [0.25, 0.3) is 0 Å². The van der Waals surface area contributed by atoms with Crippen molar-refractivity contribution in [3.05, 3.63) is 52.3 Å². The molecule has 38 heavy (non-hydrogen) atoms. The van der Waals surface area contributed by atoms with Crippen LogP contribution in [0.5, 0.6) is 5.88 Å². The minimum atomic E-state index is -3.07. The number of rotatable bonds is 8. The molecule has 0 unspecified atom stereocenters. The third-order valence-electron chi connectivity index (χ3n) is 7.57. The molecule has 11 heteroatoms. The Morgan fingerprint density at radius 3 is 2.50 bits per heavy atom. The van der Waals surface area contributed by atoms with E-state index in [2.05, 4.69) is 4.98 Å². The molecular formula is C27H34FN3O6S. The second-order valence-corrected chi connectivity index (χ2v) is 13.3. The fraction of sp³-hybridized carbons (Fsp3) is 0.519. The molecule has 3 aromatic rings. The number of imidazole rings is 1. The number of aromatic nitrogens is 3. The van der Waals surface area contributed by atoms with Crippen LogP contribution in [0, 0.1) is 11.2 Å². The number of Topliss-reactive ketones (excluding diaryl/α,β-unsaturated/α-hetero) is 1. The first-order chi connectivity index (χ1) is 17.7. The minimum Gasteiger partial charge on any atom is -0.478 e. The molecule has 1 atom stereocenters. The lowest BCUT2D eigenvalue weighted by Crippen LogP contribution is -2.37. The van der Waals surface area contributed by atoms with Crippen LogP contribution in [0.25, 0.3) is 16.7 Å². The number of aliphatic hydroxyl groups is 1. The van der Waals surface area contributed by atoms with Crippen LogP contribution in [0.15, 0.2) is 35.3 Å². The first-order valence-corrected chi connectivity index (χ1v) is 14.5. The molecule has 206 valence electrons. The first-order valence-electron chi connectivity index (χ1n) is 12.7. The van der Waals surface area contributed by atoms with Crippen molar-refractivity contribution in [3.8, 4) is 11.6 Å². The van der Waals surface area contributed by atoms with E-state index in [1.807, 2.05) is 6.92 Å². The number of nitrogens with zero attached hydrogens (tertiary/aromatic N) is 3. The molecule has 1 N–H and O–H groups in total. The van der Waals surface area contributed by atoms with Crippen molar-refractivity contribution in [2.45, 2.75) is 65.5 Å². The van der Waals surface area contributed by atoms with Gasteiger partial charge in [-0.3, -0.25) is 13.9 Å². The van der Waals surface area contributed by atoms with Crippen LogP contribution in [-0.4, -0.2) is 57.1 Å². The average molecular weight is 548 g/mol. The van der Waals surface area contributed by atoms with Crippen molar-refractivity contribution in [3.63, 3.8) is 0 Å². The fourth-order valence-electron chi connectivity index (χ4n) is 4.82. The molecular weight excluding hydrogens is 513 g/mol. The van der Waals surface area contributed by atoms with E-state index < -0.39 is 38.4 Å². The van der Waals surface area contributed by atoms with E-state index >= 15 is 0 Å². The summed E-state index contributed by atoms with van der Waals surface area (Å²) < 4.78 is 46.7. The van der Waals surface area contributed by atoms with Gasteiger partial charge in [-0.2, -0.15) is 0 Å². The molecule has 0 spiro atoms. The monoisotopic (exact) mass is 547 g/mol. The van der Waals surface area contributed by atoms with E-state index in [1.54, 1.807) is 45.9 Å². The molecule has 4 rings (SSSR count). The maximum atomic E-state index is 15.0. The second-order valence-electron chi connectivity index (χ2n) is 11.0. The summed E-state index contributed by atoms with van der Waals surface area (Å²) in [6.07, 6.45) is 1.96. The third-order valence-corrected chi connectivity index (χ3v) is 9.22. The summed E-state index contributed by atoms with van der Waals surface area (Å²) >= 11 is 0. The van der Waals surface area contributed by atoms with Gasteiger partial charge in [0.05, 0.1) is 52.7 Å². The maximum absolute atomic E-state index is 15.0. The van der Waals surface area contributed by atoms with Gasteiger partial charge < -0.3 is 9.84 Å². The van der Waals surface area contributed by atoms with Gasteiger partial charge in [0.2, 0.25) is 5.88 Å². The van der Waals surface area contributed by atoms with Crippen molar-refractivity contribution in [1.82, 2.24) is 14.1 Å². The van der Waals surface area contributed by atoms with Crippen LogP contribution in [0.2, 0.25) is 0 Å². The number of hydrogen-bond acceptors (Lipinski definition) is 7. The van der Waals surface area contributed by atoms with Crippen LogP contribution in [-0.2, 0) is 9.84 Å². The zero-order chi connectivity index (χ0) is 28.0. The zero-order valence-electron chi connectivity index (χ0n) is 22.3. The molecule has 0 bridgehead atoms. The van der Waals surface area contributed by atoms with Gasteiger partial charge >= 0.3 is 5.69 Å². The number of carbonyl (C=O) groups is 1. The van der Waals surface area contributed by atoms with E-state index in [1.165, 1.54) is 15.2 Å². The van der Waals surface area contributed by atoms with Gasteiger partial charge in [0.15, 0.2) is 11.6 Å². The molecule has 2 aromatic heterocycles. The van der Waals surface area contributed by atoms with E-state index in [0.717, 1.165) is 6.20 Å². The van der Waals surface area contributed by atoms with Gasteiger partial charge in [0, 0.05) is 18.1 Å². The molecule has 9 nitrogen and oxygen atoms in total. The Bertz CT molecular complexity index is 1540. The predicted molar refractivity (Wildman–Crippen MR) is 142 cm³/mol. The van der Waals surface area contributed by atoms with E-state index in [4.69, 9.17) is 4.74 Å². The number of fused-ring (bicyclic) bond motifs is 1. The minimum absolute atomic E-state index is 0.0581. The Balaban J connectivity index is 1.85. The normalized spacial score (nSPS) is 17.9. The molecule has 0 radical (unpaired) electrons. The summed E-state index contributed by atoms with van der Waals surface area (Å²) in [5.74, 6) is -0.636. The quantitative estimate of drug-likeness (QED) is 0.425. The summed E-state index contributed by atoms with van der Waals surface area (Å²) in [5, 5.41) is 10.8. The molecule has 3 heterocycles. The highest BCUT2D eigenvalue weighted by molar-refractivity contribution is 7.91. The number of ether oxygens (including phenoxy) is 1. The molecule has 1 saturated heterocycles. The molecule has 1 aliphatic rings. The number of benzene rings is 1. The summed E-state index contributed by atoms with van der Waals surface area (Å²) in [7, 11) is -3.07. The Kier molecular flexibility index (Phi) is 7.30. The van der Waals surface area contributed by atoms with Crippen molar-refractivity contribution in [2.24, 2.45) is 5.41 Å². The number of pyridine rings is 1. The van der Waals surface area contributed by atoms with Crippen LogP contribution in [0.4, 0.5) is 4.39 Å². The third kappa shape index (κ3) is 5.40. The largest absolute Gasteiger partial charge is 0.478 e. The van der Waals surface area contributed by atoms with E-state index in [0.29, 0.717) is 36.0 Å². The Labute approximate surface area is 221 Å². The Hall–Kier alpha value is -3.05. The van der Waals surface area contributed by atoms with Crippen LogP contribution < -0.4 is 10.4 Å². The zero-order valence-corrected chi connectivity index (χ0v) is 23.1. The summed E-state index contributed by atoms with van der Waals surface area (Å²) in [6.45, 7) is 8.81. The van der Waals surface area contributed by atoms with Gasteiger partial charge in [-0.25, -0.2) is 22.6 Å². The van der Waals surface area contributed by atoms with Gasteiger partial charge in [-0.15, -0.1) is 0 Å². The first kappa shape index (κ1) is 28.0. The molecule has 0 saturated carbocycles. The molecule has 0 aliphatic carbocycles. The van der Waals surface area contributed by atoms with Crippen molar-refractivity contribution in [1.29, 1.82) is 0 Å². The molecule has 0 amide bonds. The summed E-state index contributed by atoms with van der Waals surface area (Å²) in [4.78, 5) is 31.0. The predicted octanol–water partition coefficient (Wildman–Crippen LogP) is 3.84. The fourth-order valence-corrected chi connectivity index (χ4v) is 6.63. The van der Waals surface area contributed by atoms with E-state index in [9.17, 15) is 27.5 Å². The Morgan fingerprint density at radius 1 is 1.24 bits per heavy atom. The number of halogens is 1. The highest BCUT2D eigenvalue weighted by atomic mass is 32.2. The lowest BCUT2D eigenvalue weighted by Gasteiger charge is -2.32. The van der Waals surface area contributed by atoms with Crippen molar-refractivity contribution >= 4 is 26.7 Å². The average Bonchev–Trinajstić information content (AvgIpc) is 3.12.